The highest BCUT2D eigenvalue weighted by Gasteiger charge is 2.25. The van der Waals surface area contributed by atoms with Gasteiger partial charge in [0.1, 0.15) is 12.4 Å². The first-order valence-corrected chi connectivity index (χ1v) is 7.61. The fourth-order valence-electron chi connectivity index (χ4n) is 2.09. The number of amides is 1. The number of nitrogens with zero attached hydrogens (tertiary/aromatic N) is 2. The Morgan fingerprint density at radius 3 is 2.58 bits per heavy atom. The highest BCUT2D eigenvalue weighted by atomic mass is 19.3. The number of carbonyl (C=O) groups excluding carboxylic acids is 1. The molecular formula is C16H13F4N3O3. The zero-order chi connectivity index (χ0) is 18.7. The van der Waals surface area contributed by atoms with E-state index in [-0.39, 0.29) is 18.2 Å². The zero-order valence-electron chi connectivity index (χ0n) is 13.2. The van der Waals surface area contributed by atoms with Crippen LogP contribution in [0.25, 0.3) is 0 Å². The molecule has 138 valence electrons. The standard InChI is InChI=1S/C16H13F4N3O3/c17-11-3-8(4-12(18)13(11)26-16(19)20)14(24)22-6-9-5-21-7-23-15(9)25-10-1-2-10/h3-5,7,10,16H,1-2,6H2,(H,22,24). The largest absolute Gasteiger partial charge is 0.474 e. The Labute approximate surface area is 145 Å². The van der Waals surface area contributed by atoms with Crippen LogP contribution < -0.4 is 14.8 Å². The van der Waals surface area contributed by atoms with Crippen molar-refractivity contribution < 1.29 is 31.8 Å². The third-order valence-electron chi connectivity index (χ3n) is 3.46. The molecular weight excluding hydrogens is 358 g/mol. The zero-order valence-corrected chi connectivity index (χ0v) is 13.2. The van der Waals surface area contributed by atoms with Crippen LogP contribution in [-0.2, 0) is 6.54 Å². The first kappa shape index (κ1) is 17.9. The lowest BCUT2D eigenvalue weighted by atomic mass is 10.2. The van der Waals surface area contributed by atoms with Crippen molar-refractivity contribution in [1.29, 1.82) is 0 Å². The molecule has 1 aromatic carbocycles. The molecule has 1 saturated carbocycles. The first-order valence-electron chi connectivity index (χ1n) is 7.61. The van der Waals surface area contributed by atoms with E-state index in [4.69, 9.17) is 4.74 Å². The predicted octanol–water partition coefficient (Wildman–Crippen LogP) is 2.83. The maximum atomic E-state index is 13.7. The maximum absolute atomic E-state index is 13.7. The lowest BCUT2D eigenvalue weighted by molar-refractivity contribution is -0.0546. The third kappa shape index (κ3) is 4.38. The number of hydrogen-bond acceptors (Lipinski definition) is 5. The van der Waals surface area contributed by atoms with Gasteiger partial charge in [-0.15, -0.1) is 0 Å². The minimum absolute atomic E-state index is 0.0414. The van der Waals surface area contributed by atoms with Crippen molar-refractivity contribution in [2.24, 2.45) is 0 Å². The normalized spacial score (nSPS) is 13.6. The van der Waals surface area contributed by atoms with Gasteiger partial charge in [-0.2, -0.15) is 8.78 Å². The van der Waals surface area contributed by atoms with Crippen molar-refractivity contribution >= 4 is 5.91 Å². The van der Waals surface area contributed by atoms with Crippen molar-refractivity contribution in [2.45, 2.75) is 32.1 Å². The molecule has 1 fully saturated rings. The van der Waals surface area contributed by atoms with E-state index in [1.54, 1.807) is 0 Å². The average Bonchev–Trinajstić information content (AvgIpc) is 3.40. The molecule has 1 aliphatic rings. The second-order valence-electron chi connectivity index (χ2n) is 5.50. The van der Waals surface area contributed by atoms with Gasteiger partial charge in [-0.1, -0.05) is 0 Å². The van der Waals surface area contributed by atoms with Crippen LogP contribution in [-0.4, -0.2) is 28.6 Å². The van der Waals surface area contributed by atoms with E-state index < -0.39 is 29.9 Å². The fourth-order valence-corrected chi connectivity index (χ4v) is 2.09. The summed E-state index contributed by atoms with van der Waals surface area (Å²) in [5.41, 5.74) is 0.106. The van der Waals surface area contributed by atoms with Gasteiger partial charge in [-0.05, 0) is 25.0 Å². The number of halogens is 4. The van der Waals surface area contributed by atoms with Gasteiger partial charge in [0.05, 0.1) is 5.56 Å². The maximum Gasteiger partial charge on any atom is 0.387 e. The molecule has 1 amide bonds. The molecule has 10 heteroatoms. The van der Waals surface area contributed by atoms with Gasteiger partial charge < -0.3 is 14.8 Å². The van der Waals surface area contributed by atoms with E-state index in [1.165, 1.54) is 12.5 Å². The molecule has 1 aromatic heterocycles. The smallest absolute Gasteiger partial charge is 0.387 e. The van der Waals surface area contributed by atoms with Crippen LogP contribution in [0.5, 0.6) is 11.6 Å². The van der Waals surface area contributed by atoms with E-state index in [1.807, 2.05) is 0 Å². The number of benzene rings is 1. The monoisotopic (exact) mass is 371 g/mol. The van der Waals surface area contributed by atoms with Crippen LogP contribution in [0.3, 0.4) is 0 Å². The average molecular weight is 371 g/mol. The second-order valence-corrected chi connectivity index (χ2v) is 5.50. The molecule has 0 saturated heterocycles. The molecule has 1 aliphatic carbocycles. The van der Waals surface area contributed by atoms with E-state index in [0.29, 0.717) is 23.6 Å². The van der Waals surface area contributed by atoms with Gasteiger partial charge in [0.2, 0.25) is 5.88 Å². The minimum atomic E-state index is -3.39. The number of carbonyl (C=O) groups is 1. The van der Waals surface area contributed by atoms with Gasteiger partial charge >= 0.3 is 6.61 Å². The molecule has 26 heavy (non-hydrogen) atoms. The minimum Gasteiger partial charge on any atom is -0.474 e. The number of ether oxygens (including phenoxy) is 2. The Hall–Kier alpha value is -2.91. The lowest BCUT2D eigenvalue weighted by Gasteiger charge is -2.11. The van der Waals surface area contributed by atoms with E-state index >= 15 is 0 Å². The number of hydrogen-bond donors (Lipinski definition) is 1. The van der Waals surface area contributed by atoms with Crippen LogP contribution in [0.15, 0.2) is 24.7 Å². The number of nitrogens with one attached hydrogen (secondary N) is 1. The number of alkyl halides is 2. The summed E-state index contributed by atoms with van der Waals surface area (Å²) < 4.78 is 61.0. The van der Waals surface area contributed by atoms with Crippen LogP contribution in [0.4, 0.5) is 17.6 Å². The van der Waals surface area contributed by atoms with Crippen LogP contribution in [0.1, 0.15) is 28.8 Å². The number of aromatic nitrogens is 2. The summed E-state index contributed by atoms with van der Waals surface area (Å²) in [7, 11) is 0. The van der Waals surface area contributed by atoms with Gasteiger partial charge in [0, 0.05) is 18.3 Å². The van der Waals surface area contributed by atoms with Crippen molar-refractivity contribution in [3.8, 4) is 11.6 Å². The fraction of sp³-hybridized carbons (Fsp3) is 0.312. The van der Waals surface area contributed by atoms with Crippen molar-refractivity contribution in [1.82, 2.24) is 15.3 Å². The van der Waals surface area contributed by atoms with Crippen molar-refractivity contribution in [3.63, 3.8) is 0 Å². The van der Waals surface area contributed by atoms with E-state index in [0.717, 1.165) is 12.8 Å². The van der Waals surface area contributed by atoms with Gasteiger partial charge in [-0.3, -0.25) is 4.79 Å². The first-order chi connectivity index (χ1) is 12.4. The Balaban J connectivity index is 1.69. The summed E-state index contributed by atoms with van der Waals surface area (Å²) in [5.74, 6) is -4.55. The second kappa shape index (κ2) is 7.54. The van der Waals surface area contributed by atoms with Gasteiger partial charge in [-0.25, -0.2) is 18.7 Å². The van der Waals surface area contributed by atoms with Gasteiger partial charge in [0.25, 0.3) is 5.91 Å². The summed E-state index contributed by atoms with van der Waals surface area (Å²) in [4.78, 5) is 19.9. The van der Waals surface area contributed by atoms with Crippen LogP contribution >= 0.6 is 0 Å². The summed E-state index contributed by atoms with van der Waals surface area (Å²) in [6.45, 7) is -3.43. The van der Waals surface area contributed by atoms with Crippen LogP contribution in [0, 0.1) is 11.6 Å². The molecule has 3 rings (SSSR count). The molecule has 2 aromatic rings. The van der Waals surface area contributed by atoms with Gasteiger partial charge in [0.15, 0.2) is 17.4 Å². The summed E-state index contributed by atoms with van der Waals surface area (Å²) >= 11 is 0. The SMILES string of the molecule is O=C(NCc1cncnc1OC1CC1)c1cc(F)c(OC(F)F)c(F)c1. The molecule has 0 aliphatic heterocycles. The summed E-state index contributed by atoms with van der Waals surface area (Å²) in [6.07, 6.45) is 4.68. The number of rotatable bonds is 7. The lowest BCUT2D eigenvalue weighted by Crippen LogP contribution is -2.24. The summed E-state index contributed by atoms with van der Waals surface area (Å²) in [5, 5.41) is 2.44. The Kier molecular flexibility index (Phi) is 5.19. The molecule has 0 spiro atoms. The van der Waals surface area contributed by atoms with Crippen molar-refractivity contribution in [3.05, 3.63) is 47.4 Å². The van der Waals surface area contributed by atoms with E-state index in [9.17, 15) is 22.4 Å². The summed E-state index contributed by atoms with van der Waals surface area (Å²) in [6, 6.07) is 1.22. The molecule has 0 bridgehead atoms. The third-order valence-corrected chi connectivity index (χ3v) is 3.46. The van der Waals surface area contributed by atoms with Crippen molar-refractivity contribution in [2.75, 3.05) is 0 Å². The Morgan fingerprint density at radius 1 is 1.27 bits per heavy atom. The van der Waals surface area contributed by atoms with Crippen LogP contribution in [0.2, 0.25) is 0 Å². The quantitative estimate of drug-likeness (QED) is 0.758. The predicted molar refractivity (Wildman–Crippen MR) is 79.8 cm³/mol. The highest BCUT2D eigenvalue weighted by molar-refractivity contribution is 5.94. The molecule has 0 atom stereocenters. The Morgan fingerprint density at radius 2 is 1.96 bits per heavy atom. The molecule has 1 N–H and O–H groups in total. The molecule has 0 unspecified atom stereocenters. The molecule has 0 radical (unpaired) electrons. The molecule has 6 nitrogen and oxygen atoms in total. The topological polar surface area (TPSA) is 73.3 Å². The molecule has 1 heterocycles. The van der Waals surface area contributed by atoms with E-state index in [2.05, 4.69) is 20.0 Å². The highest BCUT2D eigenvalue weighted by Crippen LogP contribution is 2.27. The Bertz CT molecular complexity index is 792.